The monoisotopic (exact) mass is 330 g/mol. The van der Waals surface area contributed by atoms with E-state index in [0.29, 0.717) is 49.3 Å². The molecule has 1 saturated heterocycles. The third-order valence-electron chi connectivity index (χ3n) is 3.19. The number of carbonyl (C=O) groups is 2. The maximum absolute atomic E-state index is 11.9. The second-order valence-electron chi connectivity index (χ2n) is 4.65. The summed E-state index contributed by atoms with van der Waals surface area (Å²) < 4.78 is 5.14. The van der Waals surface area contributed by atoms with E-state index in [-0.39, 0.29) is 0 Å². The first-order valence-corrected chi connectivity index (χ1v) is 7.42. The van der Waals surface area contributed by atoms with Crippen LogP contribution in [-0.4, -0.2) is 49.6 Å². The van der Waals surface area contributed by atoms with Gasteiger partial charge in [-0.1, -0.05) is 29.3 Å². The zero-order chi connectivity index (χ0) is 15.2. The Hall–Kier alpha value is -1.30. The molecule has 0 spiro atoms. The maximum Gasteiger partial charge on any atom is 0.312 e. The summed E-state index contributed by atoms with van der Waals surface area (Å²) in [7, 11) is 0. The number of ether oxygens (including phenoxy) is 1. The standard InChI is InChI=1S/C14H16Cl2N2O3/c15-11-2-1-10(12(16)9-11)3-4-17-13(19)14(20)18-5-7-21-8-6-18/h1-2,9H,3-8H2,(H,17,19). The van der Waals surface area contributed by atoms with Crippen molar-refractivity contribution in [2.75, 3.05) is 32.8 Å². The summed E-state index contributed by atoms with van der Waals surface area (Å²) in [6.45, 7) is 2.19. The third-order valence-corrected chi connectivity index (χ3v) is 3.77. The molecule has 1 aliphatic rings. The minimum Gasteiger partial charge on any atom is -0.378 e. The van der Waals surface area contributed by atoms with E-state index in [0.717, 1.165) is 5.56 Å². The molecule has 0 aromatic heterocycles. The van der Waals surface area contributed by atoms with Crippen LogP contribution < -0.4 is 5.32 Å². The van der Waals surface area contributed by atoms with E-state index in [1.54, 1.807) is 18.2 Å². The van der Waals surface area contributed by atoms with Crippen molar-refractivity contribution in [3.63, 3.8) is 0 Å². The molecular formula is C14H16Cl2N2O3. The topological polar surface area (TPSA) is 58.6 Å². The highest BCUT2D eigenvalue weighted by molar-refractivity contribution is 6.35. The van der Waals surface area contributed by atoms with Crippen LogP contribution in [0, 0.1) is 0 Å². The Bertz CT molecular complexity index is 531. The van der Waals surface area contributed by atoms with Crippen LogP contribution in [0.25, 0.3) is 0 Å². The molecule has 0 aliphatic carbocycles. The maximum atomic E-state index is 11.9. The normalized spacial score (nSPS) is 14.9. The van der Waals surface area contributed by atoms with Gasteiger partial charge in [-0.15, -0.1) is 0 Å². The van der Waals surface area contributed by atoms with Gasteiger partial charge >= 0.3 is 11.8 Å². The summed E-state index contributed by atoms with van der Waals surface area (Å²) in [6, 6.07) is 5.20. The lowest BCUT2D eigenvalue weighted by Crippen LogP contribution is -2.48. The van der Waals surface area contributed by atoms with Gasteiger partial charge in [0.2, 0.25) is 0 Å². The van der Waals surface area contributed by atoms with Crippen LogP contribution in [0.15, 0.2) is 18.2 Å². The average Bonchev–Trinajstić information content (AvgIpc) is 2.49. The zero-order valence-electron chi connectivity index (χ0n) is 11.4. The van der Waals surface area contributed by atoms with Gasteiger partial charge in [0.05, 0.1) is 13.2 Å². The fourth-order valence-corrected chi connectivity index (χ4v) is 2.52. The van der Waals surface area contributed by atoms with Gasteiger partial charge < -0.3 is 15.0 Å². The molecule has 1 heterocycles. The fourth-order valence-electron chi connectivity index (χ4n) is 2.02. The second kappa shape index (κ2) is 7.64. The molecule has 21 heavy (non-hydrogen) atoms. The van der Waals surface area contributed by atoms with Crippen LogP contribution in [0.1, 0.15) is 5.56 Å². The van der Waals surface area contributed by atoms with Gasteiger partial charge in [0, 0.05) is 29.7 Å². The van der Waals surface area contributed by atoms with Crippen molar-refractivity contribution < 1.29 is 14.3 Å². The van der Waals surface area contributed by atoms with Crippen LogP contribution >= 0.6 is 23.2 Å². The molecule has 0 radical (unpaired) electrons. The minimum atomic E-state index is -0.595. The number of rotatable bonds is 3. The zero-order valence-corrected chi connectivity index (χ0v) is 12.9. The molecule has 2 rings (SSSR count). The van der Waals surface area contributed by atoms with E-state index in [4.69, 9.17) is 27.9 Å². The van der Waals surface area contributed by atoms with Crippen LogP contribution in [0.4, 0.5) is 0 Å². The summed E-state index contributed by atoms with van der Waals surface area (Å²) in [4.78, 5) is 25.1. The van der Waals surface area contributed by atoms with E-state index in [1.807, 2.05) is 0 Å². The van der Waals surface area contributed by atoms with Crippen molar-refractivity contribution in [3.05, 3.63) is 33.8 Å². The Morgan fingerprint density at radius 2 is 1.95 bits per heavy atom. The highest BCUT2D eigenvalue weighted by Crippen LogP contribution is 2.20. The van der Waals surface area contributed by atoms with Gasteiger partial charge in [0.1, 0.15) is 0 Å². The Balaban J connectivity index is 1.79. The number of carbonyl (C=O) groups excluding carboxylic acids is 2. The minimum absolute atomic E-state index is 0.344. The van der Waals surface area contributed by atoms with Gasteiger partial charge in [0.25, 0.3) is 0 Å². The number of hydrogen-bond donors (Lipinski definition) is 1. The molecule has 2 amide bonds. The lowest BCUT2D eigenvalue weighted by atomic mass is 10.1. The smallest absolute Gasteiger partial charge is 0.312 e. The van der Waals surface area contributed by atoms with Crippen molar-refractivity contribution in [2.24, 2.45) is 0 Å². The van der Waals surface area contributed by atoms with E-state index in [2.05, 4.69) is 5.32 Å². The molecule has 1 aromatic rings. The molecule has 5 nitrogen and oxygen atoms in total. The van der Waals surface area contributed by atoms with Crippen LogP contribution in [0.3, 0.4) is 0 Å². The van der Waals surface area contributed by atoms with Crippen molar-refractivity contribution in [3.8, 4) is 0 Å². The van der Waals surface area contributed by atoms with E-state index < -0.39 is 11.8 Å². The molecular weight excluding hydrogens is 315 g/mol. The van der Waals surface area contributed by atoms with Gasteiger partial charge in [-0.2, -0.15) is 0 Å². The van der Waals surface area contributed by atoms with Crippen LogP contribution in [0.2, 0.25) is 10.0 Å². The Labute approximate surface area is 133 Å². The van der Waals surface area contributed by atoms with Crippen LogP contribution in [-0.2, 0) is 20.7 Å². The second-order valence-corrected chi connectivity index (χ2v) is 5.49. The summed E-state index contributed by atoms with van der Waals surface area (Å²) in [5.74, 6) is -1.11. The summed E-state index contributed by atoms with van der Waals surface area (Å²) >= 11 is 11.9. The van der Waals surface area contributed by atoms with Gasteiger partial charge in [-0.05, 0) is 24.1 Å². The van der Waals surface area contributed by atoms with Crippen molar-refractivity contribution in [2.45, 2.75) is 6.42 Å². The predicted octanol–water partition coefficient (Wildman–Crippen LogP) is 1.51. The number of nitrogens with zero attached hydrogens (tertiary/aromatic N) is 1. The quantitative estimate of drug-likeness (QED) is 0.854. The summed E-state index contributed by atoms with van der Waals surface area (Å²) in [5, 5.41) is 3.72. The Kier molecular flexibility index (Phi) is 5.85. The number of nitrogens with one attached hydrogen (secondary N) is 1. The van der Waals surface area contributed by atoms with Crippen molar-refractivity contribution >= 4 is 35.0 Å². The molecule has 0 unspecified atom stereocenters. The lowest BCUT2D eigenvalue weighted by molar-refractivity contribution is -0.148. The van der Waals surface area contributed by atoms with Gasteiger partial charge in [-0.3, -0.25) is 9.59 Å². The Morgan fingerprint density at radius 1 is 1.24 bits per heavy atom. The van der Waals surface area contributed by atoms with Crippen LogP contribution in [0.5, 0.6) is 0 Å². The summed E-state index contributed by atoms with van der Waals surface area (Å²) in [6.07, 6.45) is 0.540. The molecule has 1 N–H and O–H groups in total. The number of halogens is 2. The number of benzene rings is 1. The molecule has 0 saturated carbocycles. The van der Waals surface area contributed by atoms with Crippen molar-refractivity contribution in [1.29, 1.82) is 0 Å². The SMILES string of the molecule is O=C(NCCc1ccc(Cl)cc1Cl)C(=O)N1CCOCC1. The molecule has 1 aliphatic heterocycles. The first kappa shape index (κ1) is 16.1. The average molecular weight is 331 g/mol. The largest absolute Gasteiger partial charge is 0.378 e. The molecule has 1 aromatic carbocycles. The highest BCUT2D eigenvalue weighted by Gasteiger charge is 2.23. The predicted molar refractivity (Wildman–Crippen MR) is 80.6 cm³/mol. The number of morpholine rings is 1. The fraction of sp³-hybridized carbons (Fsp3) is 0.429. The van der Waals surface area contributed by atoms with E-state index >= 15 is 0 Å². The van der Waals surface area contributed by atoms with E-state index in [1.165, 1.54) is 4.90 Å². The van der Waals surface area contributed by atoms with Gasteiger partial charge in [0.15, 0.2) is 0 Å². The molecule has 7 heteroatoms. The highest BCUT2D eigenvalue weighted by atomic mass is 35.5. The number of hydrogen-bond acceptors (Lipinski definition) is 3. The Morgan fingerprint density at radius 3 is 2.62 bits per heavy atom. The van der Waals surface area contributed by atoms with Gasteiger partial charge in [-0.25, -0.2) is 0 Å². The van der Waals surface area contributed by atoms with E-state index in [9.17, 15) is 9.59 Å². The first-order valence-electron chi connectivity index (χ1n) is 6.66. The summed E-state index contributed by atoms with van der Waals surface area (Å²) in [5.41, 5.74) is 0.875. The van der Waals surface area contributed by atoms with Crippen molar-refractivity contribution in [1.82, 2.24) is 10.2 Å². The molecule has 0 atom stereocenters. The number of amides is 2. The molecule has 114 valence electrons. The third kappa shape index (κ3) is 4.59. The lowest BCUT2D eigenvalue weighted by Gasteiger charge is -2.26. The molecule has 1 fully saturated rings. The first-order chi connectivity index (χ1) is 10.1. The molecule has 0 bridgehead atoms.